The van der Waals surface area contributed by atoms with E-state index < -0.39 is 0 Å². The van der Waals surface area contributed by atoms with Crippen molar-refractivity contribution in [3.05, 3.63) is 58.6 Å². The smallest absolute Gasteiger partial charge is 0.349 e. The lowest BCUT2D eigenvalue weighted by Crippen LogP contribution is -2.05. The first kappa shape index (κ1) is 19.1. The van der Waals surface area contributed by atoms with E-state index in [9.17, 15) is 10.1 Å². The van der Waals surface area contributed by atoms with Gasteiger partial charge in [0.2, 0.25) is 0 Å². The van der Waals surface area contributed by atoms with Crippen LogP contribution in [0.2, 0.25) is 0 Å². The number of ether oxygens (including phenoxy) is 1. The van der Waals surface area contributed by atoms with Crippen molar-refractivity contribution < 1.29 is 9.53 Å². The Kier molecular flexibility index (Phi) is 5.57. The number of thiazole rings is 1. The highest BCUT2D eigenvalue weighted by atomic mass is 32.1. The molecule has 5 heteroatoms. The van der Waals surface area contributed by atoms with Crippen LogP contribution in [0.5, 0.6) is 0 Å². The summed E-state index contributed by atoms with van der Waals surface area (Å²) in [4.78, 5) is 16.7. The van der Waals surface area contributed by atoms with Crippen molar-refractivity contribution in [2.24, 2.45) is 5.92 Å². The van der Waals surface area contributed by atoms with Gasteiger partial charge in [-0.1, -0.05) is 44.2 Å². The number of carbonyl (C=O) groups excluding carboxylic acids is 1. The van der Waals surface area contributed by atoms with E-state index in [2.05, 4.69) is 37.5 Å². The molecular formula is C22H22N2O2S. The summed E-state index contributed by atoms with van der Waals surface area (Å²) in [5.74, 6) is 0.109. The Morgan fingerprint density at radius 1 is 1.44 bits per heavy atom. The van der Waals surface area contributed by atoms with Crippen LogP contribution >= 0.6 is 11.3 Å². The molecule has 0 amide bonds. The molecule has 2 atom stereocenters. The molecule has 138 valence electrons. The molecule has 2 aromatic rings. The fourth-order valence-corrected chi connectivity index (χ4v) is 4.02. The van der Waals surface area contributed by atoms with Crippen molar-refractivity contribution in [1.82, 2.24) is 4.98 Å². The monoisotopic (exact) mass is 378 g/mol. The Morgan fingerprint density at radius 3 is 2.89 bits per heavy atom. The molecule has 0 N–H and O–H groups in total. The van der Waals surface area contributed by atoms with Gasteiger partial charge in [0.1, 0.15) is 9.88 Å². The maximum atomic E-state index is 11.9. The van der Waals surface area contributed by atoms with Crippen LogP contribution in [0.15, 0.2) is 42.6 Å². The second-order valence-electron chi connectivity index (χ2n) is 6.61. The minimum Gasteiger partial charge on any atom is -0.462 e. The second-order valence-corrected chi connectivity index (χ2v) is 7.64. The van der Waals surface area contributed by atoms with Crippen LogP contribution < -0.4 is 0 Å². The molecule has 3 rings (SSSR count). The van der Waals surface area contributed by atoms with Crippen LogP contribution in [0.3, 0.4) is 0 Å². The Balaban J connectivity index is 1.96. The number of allylic oxidation sites excluding steroid dienone is 3. The van der Waals surface area contributed by atoms with Crippen LogP contribution in [-0.4, -0.2) is 17.6 Å². The molecule has 0 fully saturated rings. The van der Waals surface area contributed by atoms with Gasteiger partial charge in [0.25, 0.3) is 0 Å². The summed E-state index contributed by atoms with van der Waals surface area (Å²) in [6.07, 6.45) is 4.57. The van der Waals surface area contributed by atoms with Crippen LogP contribution in [0.25, 0.3) is 16.1 Å². The predicted molar refractivity (Wildman–Crippen MR) is 108 cm³/mol. The van der Waals surface area contributed by atoms with Gasteiger partial charge in [-0.05, 0) is 36.5 Å². The van der Waals surface area contributed by atoms with Gasteiger partial charge >= 0.3 is 5.97 Å². The summed E-state index contributed by atoms with van der Waals surface area (Å²) < 4.78 is 5.03. The number of aromatic nitrogens is 1. The van der Waals surface area contributed by atoms with Crippen molar-refractivity contribution in [3.8, 4) is 16.6 Å². The van der Waals surface area contributed by atoms with Crippen molar-refractivity contribution >= 4 is 22.9 Å². The third kappa shape index (κ3) is 3.58. The summed E-state index contributed by atoms with van der Waals surface area (Å²) >= 11 is 1.30. The predicted octanol–water partition coefficient (Wildman–Crippen LogP) is 5.59. The summed E-state index contributed by atoms with van der Waals surface area (Å²) in [6.45, 7) is 10.7. The third-order valence-electron chi connectivity index (χ3n) is 5.01. The molecule has 2 unspecified atom stereocenters. The van der Waals surface area contributed by atoms with E-state index in [0.717, 1.165) is 33.7 Å². The number of esters is 1. The van der Waals surface area contributed by atoms with E-state index in [0.29, 0.717) is 23.0 Å². The highest BCUT2D eigenvalue weighted by molar-refractivity contribution is 7.16. The van der Waals surface area contributed by atoms with Gasteiger partial charge in [-0.25, -0.2) is 9.78 Å². The van der Waals surface area contributed by atoms with Crippen LogP contribution in [-0.2, 0) is 4.74 Å². The van der Waals surface area contributed by atoms with E-state index in [-0.39, 0.29) is 11.9 Å². The van der Waals surface area contributed by atoms with E-state index in [4.69, 9.17) is 4.74 Å². The molecule has 27 heavy (non-hydrogen) atoms. The van der Waals surface area contributed by atoms with Crippen LogP contribution in [0, 0.1) is 17.2 Å². The topological polar surface area (TPSA) is 63.0 Å². The average molecular weight is 378 g/mol. The molecule has 0 saturated heterocycles. The number of nitriles is 1. The van der Waals surface area contributed by atoms with Gasteiger partial charge < -0.3 is 4.74 Å². The molecular weight excluding hydrogens is 356 g/mol. The fourth-order valence-electron chi connectivity index (χ4n) is 3.22. The van der Waals surface area contributed by atoms with Gasteiger partial charge in [-0.15, -0.1) is 11.3 Å². The lowest BCUT2D eigenvalue weighted by atomic mass is 9.85. The van der Waals surface area contributed by atoms with E-state index in [1.54, 1.807) is 13.1 Å². The van der Waals surface area contributed by atoms with Gasteiger partial charge in [0.15, 0.2) is 0 Å². The van der Waals surface area contributed by atoms with Gasteiger partial charge in [0.05, 0.1) is 24.4 Å². The number of nitrogens with zero attached hydrogens (tertiary/aromatic N) is 2. The van der Waals surface area contributed by atoms with Gasteiger partial charge in [-0.2, -0.15) is 5.26 Å². The summed E-state index contributed by atoms with van der Waals surface area (Å²) in [5, 5.41) is 10.3. The molecule has 1 aliphatic rings. The largest absolute Gasteiger partial charge is 0.462 e. The summed E-state index contributed by atoms with van der Waals surface area (Å²) in [7, 11) is 0. The first-order valence-corrected chi connectivity index (χ1v) is 9.90. The number of fused-ring (bicyclic) bond motifs is 1. The number of rotatable bonds is 6. The van der Waals surface area contributed by atoms with E-state index in [1.165, 1.54) is 11.3 Å². The molecule has 1 aliphatic carbocycles. The SMILES string of the molecule is C=C(C(C)CC)C1C=C(C#N)c2cc(-c3ncc(C(=O)OCC)s3)ccc21. The minimum atomic E-state index is -0.357. The second kappa shape index (κ2) is 7.89. The fraction of sp³-hybridized carbons (Fsp3) is 0.318. The zero-order valence-electron chi connectivity index (χ0n) is 15.8. The zero-order valence-corrected chi connectivity index (χ0v) is 16.6. The molecule has 0 spiro atoms. The van der Waals surface area contributed by atoms with Crippen molar-refractivity contribution in [2.45, 2.75) is 33.1 Å². The molecule has 0 radical (unpaired) electrons. The average Bonchev–Trinajstić information content (AvgIpc) is 3.31. The van der Waals surface area contributed by atoms with E-state index in [1.807, 2.05) is 18.2 Å². The standard InChI is InChI=1S/C22H22N2O2S/c1-5-13(3)14(4)18-10-16(11-23)19-9-15(7-8-17(18)19)21-24-12-20(27-21)22(25)26-6-2/h7-10,12-13,18H,4-6H2,1-3H3. The Labute approximate surface area is 163 Å². The molecule has 0 aliphatic heterocycles. The Morgan fingerprint density at radius 2 is 2.22 bits per heavy atom. The van der Waals surface area contributed by atoms with Crippen LogP contribution in [0.1, 0.15) is 53.9 Å². The van der Waals surface area contributed by atoms with Gasteiger partial charge in [0, 0.05) is 11.5 Å². The minimum absolute atomic E-state index is 0.0741. The first-order chi connectivity index (χ1) is 13.0. The van der Waals surface area contributed by atoms with Crippen molar-refractivity contribution in [2.75, 3.05) is 6.61 Å². The molecule has 1 aromatic heterocycles. The number of hydrogen-bond acceptors (Lipinski definition) is 5. The maximum absolute atomic E-state index is 11.9. The molecule has 1 aromatic carbocycles. The number of benzene rings is 1. The summed E-state index contributed by atoms with van der Waals surface area (Å²) in [5.41, 5.74) is 4.74. The maximum Gasteiger partial charge on any atom is 0.349 e. The normalized spacial score (nSPS) is 16.2. The van der Waals surface area contributed by atoms with Crippen LogP contribution in [0.4, 0.5) is 0 Å². The third-order valence-corrected chi connectivity index (χ3v) is 6.03. The zero-order chi connectivity index (χ0) is 19.6. The highest BCUT2D eigenvalue weighted by Crippen LogP contribution is 2.43. The van der Waals surface area contributed by atoms with E-state index >= 15 is 0 Å². The number of carbonyl (C=O) groups is 1. The lowest BCUT2D eigenvalue weighted by molar-refractivity contribution is 0.0532. The molecule has 0 bridgehead atoms. The quantitative estimate of drug-likeness (QED) is 0.485. The Bertz CT molecular complexity index is 965. The molecule has 0 saturated carbocycles. The first-order valence-electron chi connectivity index (χ1n) is 9.08. The summed E-state index contributed by atoms with van der Waals surface area (Å²) in [6, 6.07) is 8.35. The lowest BCUT2D eigenvalue weighted by Gasteiger charge is -2.19. The van der Waals surface area contributed by atoms with Gasteiger partial charge in [-0.3, -0.25) is 0 Å². The Hall–Kier alpha value is -2.71. The highest BCUT2D eigenvalue weighted by Gasteiger charge is 2.28. The van der Waals surface area contributed by atoms with Crippen molar-refractivity contribution in [3.63, 3.8) is 0 Å². The number of hydrogen-bond donors (Lipinski definition) is 0. The molecule has 4 nitrogen and oxygen atoms in total. The molecule has 1 heterocycles. The van der Waals surface area contributed by atoms with Crippen molar-refractivity contribution in [1.29, 1.82) is 5.26 Å².